The Morgan fingerprint density at radius 3 is 2.00 bits per heavy atom. The molecule has 0 aromatic heterocycles. The molecule has 0 heterocycles. The van der Waals surface area contributed by atoms with E-state index in [1.54, 1.807) is 12.1 Å². The number of carbonyl (C=O) groups excluding carboxylic acids is 1. The van der Waals surface area contributed by atoms with Crippen molar-refractivity contribution in [2.45, 2.75) is 6.42 Å². The largest absolute Gasteiger partial charge is 0.323 e. The zero-order chi connectivity index (χ0) is 13.5. The SMILES string of the molecule is [O]CCc1ccc(NC(=O)Nc2ccccc2)cc1. The number of rotatable bonds is 4. The normalized spacial score (nSPS) is 9.95. The monoisotopic (exact) mass is 255 g/mol. The highest BCUT2D eigenvalue weighted by molar-refractivity contribution is 5.99. The standard InChI is InChI=1S/C15H15N2O2/c18-11-10-12-6-8-14(9-7-12)17-15(19)16-13-4-2-1-3-5-13/h1-9H,10-11H2,(H2,16,17,19). The van der Waals surface area contributed by atoms with Gasteiger partial charge in [-0.3, -0.25) is 0 Å². The molecule has 2 aromatic rings. The minimum atomic E-state index is -0.289. The third kappa shape index (κ3) is 4.12. The van der Waals surface area contributed by atoms with Gasteiger partial charge in [-0.05, 0) is 36.2 Å². The molecular weight excluding hydrogens is 240 g/mol. The van der Waals surface area contributed by atoms with Crippen molar-refractivity contribution in [3.8, 4) is 0 Å². The van der Waals surface area contributed by atoms with Gasteiger partial charge in [0.15, 0.2) is 0 Å². The maximum atomic E-state index is 11.7. The molecular formula is C15H15N2O2. The highest BCUT2D eigenvalue weighted by Gasteiger charge is 2.02. The van der Waals surface area contributed by atoms with Crippen LogP contribution in [0.3, 0.4) is 0 Å². The van der Waals surface area contributed by atoms with Crippen LogP contribution in [0.5, 0.6) is 0 Å². The third-order valence-corrected chi connectivity index (χ3v) is 2.63. The third-order valence-electron chi connectivity index (χ3n) is 2.63. The summed E-state index contributed by atoms with van der Waals surface area (Å²) in [5.74, 6) is 0. The lowest BCUT2D eigenvalue weighted by molar-refractivity contribution is 0.197. The summed E-state index contributed by atoms with van der Waals surface area (Å²) >= 11 is 0. The van der Waals surface area contributed by atoms with Crippen molar-refractivity contribution in [2.24, 2.45) is 0 Å². The minimum Gasteiger partial charge on any atom is -0.308 e. The fraction of sp³-hybridized carbons (Fsp3) is 0.133. The fourth-order valence-electron chi connectivity index (χ4n) is 1.69. The summed E-state index contributed by atoms with van der Waals surface area (Å²) in [5, 5.41) is 15.9. The summed E-state index contributed by atoms with van der Waals surface area (Å²) in [4.78, 5) is 11.7. The smallest absolute Gasteiger partial charge is 0.308 e. The number of anilines is 2. The van der Waals surface area contributed by atoms with Crippen molar-refractivity contribution in [3.63, 3.8) is 0 Å². The molecule has 0 aliphatic heterocycles. The highest BCUT2D eigenvalue weighted by Crippen LogP contribution is 2.11. The van der Waals surface area contributed by atoms with Crippen LogP contribution in [0.2, 0.25) is 0 Å². The van der Waals surface area contributed by atoms with Gasteiger partial charge in [0.2, 0.25) is 0 Å². The Hall–Kier alpha value is -2.33. The van der Waals surface area contributed by atoms with E-state index >= 15 is 0 Å². The van der Waals surface area contributed by atoms with Gasteiger partial charge in [0.1, 0.15) is 0 Å². The second-order valence-corrected chi connectivity index (χ2v) is 4.10. The van der Waals surface area contributed by atoms with Gasteiger partial charge >= 0.3 is 6.03 Å². The van der Waals surface area contributed by atoms with E-state index in [0.29, 0.717) is 12.1 Å². The summed E-state index contributed by atoms with van der Waals surface area (Å²) in [5.41, 5.74) is 2.41. The Balaban J connectivity index is 1.91. The van der Waals surface area contributed by atoms with Crippen molar-refractivity contribution >= 4 is 17.4 Å². The molecule has 0 atom stereocenters. The van der Waals surface area contributed by atoms with Crippen LogP contribution < -0.4 is 10.6 Å². The van der Waals surface area contributed by atoms with Gasteiger partial charge in [0.05, 0.1) is 6.61 Å². The Labute approximate surface area is 112 Å². The number of para-hydroxylation sites is 1. The van der Waals surface area contributed by atoms with Crippen molar-refractivity contribution < 1.29 is 9.90 Å². The topological polar surface area (TPSA) is 61.0 Å². The lowest BCUT2D eigenvalue weighted by Gasteiger charge is -2.08. The second kappa shape index (κ2) is 6.56. The zero-order valence-corrected chi connectivity index (χ0v) is 10.4. The fourth-order valence-corrected chi connectivity index (χ4v) is 1.69. The number of hydrogen-bond donors (Lipinski definition) is 2. The van der Waals surface area contributed by atoms with E-state index in [4.69, 9.17) is 0 Å². The number of urea groups is 1. The number of hydrogen-bond acceptors (Lipinski definition) is 1. The molecule has 2 N–H and O–H groups in total. The van der Waals surface area contributed by atoms with Crippen LogP contribution in [-0.4, -0.2) is 12.6 Å². The van der Waals surface area contributed by atoms with Crippen LogP contribution in [0, 0.1) is 0 Å². The van der Waals surface area contributed by atoms with Gasteiger partial charge in [-0.15, -0.1) is 0 Å². The molecule has 0 fully saturated rings. The van der Waals surface area contributed by atoms with E-state index in [9.17, 15) is 9.90 Å². The first-order valence-corrected chi connectivity index (χ1v) is 6.08. The van der Waals surface area contributed by atoms with E-state index in [1.165, 1.54) is 0 Å². The lowest BCUT2D eigenvalue weighted by atomic mass is 10.1. The van der Waals surface area contributed by atoms with E-state index in [1.807, 2.05) is 42.5 Å². The molecule has 0 saturated heterocycles. The van der Waals surface area contributed by atoms with Crippen LogP contribution in [0.15, 0.2) is 54.6 Å². The maximum Gasteiger partial charge on any atom is 0.323 e. The predicted molar refractivity (Wildman–Crippen MR) is 74.8 cm³/mol. The molecule has 2 amide bonds. The molecule has 2 aromatic carbocycles. The van der Waals surface area contributed by atoms with Gasteiger partial charge in [0, 0.05) is 11.4 Å². The Bertz CT molecular complexity index is 524. The second-order valence-electron chi connectivity index (χ2n) is 4.10. The van der Waals surface area contributed by atoms with Crippen LogP contribution in [0.1, 0.15) is 5.56 Å². The average Bonchev–Trinajstić information content (AvgIpc) is 2.42. The molecule has 4 nitrogen and oxygen atoms in total. The molecule has 97 valence electrons. The van der Waals surface area contributed by atoms with Gasteiger partial charge in [0.25, 0.3) is 0 Å². The molecule has 19 heavy (non-hydrogen) atoms. The quantitative estimate of drug-likeness (QED) is 0.865. The summed E-state index contributed by atoms with van der Waals surface area (Å²) in [6.07, 6.45) is 0.510. The zero-order valence-electron chi connectivity index (χ0n) is 10.4. The van der Waals surface area contributed by atoms with Crippen LogP contribution >= 0.6 is 0 Å². The summed E-state index contributed by atoms with van der Waals surface area (Å²) in [6, 6.07) is 16.2. The molecule has 0 aliphatic carbocycles. The van der Waals surface area contributed by atoms with Crippen LogP contribution in [0.4, 0.5) is 16.2 Å². The number of carbonyl (C=O) groups is 1. The van der Waals surface area contributed by atoms with Crippen LogP contribution in [-0.2, 0) is 11.5 Å². The number of nitrogens with one attached hydrogen (secondary N) is 2. The van der Waals surface area contributed by atoms with E-state index in [-0.39, 0.29) is 12.6 Å². The first-order chi connectivity index (χ1) is 9.28. The maximum absolute atomic E-state index is 11.7. The molecule has 1 radical (unpaired) electrons. The van der Waals surface area contributed by atoms with Crippen molar-refractivity contribution in [1.82, 2.24) is 0 Å². The Kier molecular flexibility index (Phi) is 4.53. The Morgan fingerprint density at radius 2 is 1.42 bits per heavy atom. The molecule has 0 saturated carbocycles. The van der Waals surface area contributed by atoms with Crippen molar-refractivity contribution in [1.29, 1.82) is 0 Å². The number of benzene rings is 2. The van der Waals surface area contributed by atoms with Crippen LogP contribution in [0.25, 0.3) is 0 Å². The van der Waals surface area contributed by atoms with Crippen molar-refractivity contribution in [2.75, 3.05) is 17.2 Å². The molecule has 0 spiro atoms. The van der Waals surface area contributed by atoms with Gasteiger partial charge in [-0.2, -0.15) is 0 Å². The van der Waals surface area contributed by atoms with E-state index in [0.717, 1.165) is 11.3 Å². The molecule has 4 heteroatoms. The number of amides is 2. The molecule has 0 bridgehead atoms. The highest BCUT2D eigenvalue weighted by atomic mass is 16.3. The van der Waals surface area contributed by atoms with E-state index < -0.39 is 0 Å². The molecule has 0 unspecified atom stereocenters. The van der Waals surface area contributed by atoms with Gasteiger partial charge in [-0.1, -0.05) is 30.3 Å². The predicted octanol–water partition coefficient (Wildman–Crippen LogP) is 3.30. The van der Waals surface area contributed by atoms with E-state index in [2.05, 4.69) is 10.6 Å². The molecule has 2 rings (SSSR count). The molecule has 0 aliphatic rings. The first-order valence-electron chi connectivity index (χ1n) is 6.08. The van der Waals surface area contributed by atoms with Crippen molar-refractivity contribution in [3.05, 3.63) is 60.2 Å². The summed E-state index contributed by atoms with van der Waals surface area (Å²) in [7, 11) is 0. The summed E-state index contributed by atoms with van der Waals surface area (Å²) < 4.78 is 0. The minimum absolute atomic E-state index is 0.124. The Morgan fingerprint density at radius 1 is 0.842 bits per heavy atom. The average molecular weight is 255 g/mol. The van der Waals surface area contributed by atoms with Gasteiger partial charge in [-0.25, -0.2) is 9.90 Å². The summed E-state index contributed by atoms with van der Waals surface area (Å²) in [6.45, 7) is -0.124. The van der Waals surface area contributed by atoms with Gasteiger partial charge < -0.3 is 10.6 Å². The lowest BCUT2D eigenvalue weighted by Crippen LogP contribution is -2.19. The first kappa shape index (κ1) is 13.1.